The van der Waals surface area contributed by atoms with Gasteiger partial charge in [-0.3, -0.25) is 0 Å². The average molecular weight is 209 g/mol. The Morgan fingerprint density at radius 3 is 2.80 bits per heavy atom. The van der Waals surface area contributed by atoms with Crippen molar-refractivity contribution in [3.05, 3.63) is 5.82 Å². The van der Waals surface area contributed by atoms with Gasteiger partial charge < -0.3 is 5.73 Å². The molecule has 0 spiro atoms. The minimum atomic E-state index is 0.389. The molecule has 0 aliphatic heterocycles. The quantitative estimate of drug-likeness (QED) is 0.732. The molecule has 5 nitrogen and oxygen atoms in total. The molecule has 1 unspecified atom stereocenters. The summed E-state index contributed by atoms with van der Waals surface area (Å²) in [6.45, 7) is 6.16. The minimum absolute atomic E-state index is 0.389. The van der Waals surface area contributed by atoms with Crippen molar-refractivity contribution < 1.29 is 0 Å². The van der Waals surface area contributed by atoms with Gasteiger partial charge in [0.2, 0.25) is 0 Å². The Kier molecular flexibility index (Phi) is 2.73. The zero-order chi connectivity index (χ0) is 10.9. The van der Waals surface area contributed by atoms with Crippen LogP contribution >= 0.6 is 0 Å². The van der Waals surface area contributed by atoms with Gasteiger partial charge in [-0.2, -0.15) is 0 Å². The van der Waals surface area contributed by atoms with Gasteiger partial charge in [0.15, 0.2) is 5.82 Å². The Bertz CT molecular complexity index is 330. The summed E-state index contributed by atoms with van der Waals surface area (Å²) in [6, 6.07) is 0. The number of hydrogen-bond donors (Lipinski definition) is 1. The highest BCUT2D eigenvalue weighted by atomic mass is 15.5. The maximum Gasteiger partial charge on any atom is 0.154 e. The molecule has 0 bridgehead atoms. The van der Waals surface area contributed by atoms with Crippen molar-refractivity contribution in [3.8, 4) is 0 Å². The molecule has 15 heavy (non-hydrogen) atoms. The van der Waals surface area contributed by atoms with Crippen LogP contribution in [0.25, 0.3) is 0 Å². The van der Waals surface area contributed by atoms with Crippen LogP contribution in [0.1, 0.15) is 44.9 Å². The second-order valence-corrected chi connectivity index (χ2v) is 5.00. The van der Waals surface area contributed by atoms with E-state index < -0.39 is 0 Å². The minimum Gasteiger partial charge on any atom is -0.330 e. The molecule has 0 aromatic carbocycles. The maximum atomic E-state index is 5.46. The zero-order valence-corrected chi connectivity index (χ0v) is 9.48. The second-order valence-electron chi connectivity index (χ2n) is 5.00. The Balaban J connectivity index is 1.97. The zero-order valence-electron chi connectivity index (χ0n) is 9.48. The highest BCUT2D eigenvalue weighted by Crippen LogP contribution is 2.57. The molecular formula is C10H19N5. The third kappa shape index (κ3) is 2.17. The first kappa shape index (κ1) is 10.5. The van der Waals surface area contributed by atoms with Crippen molar-refractivity contribution in [1.82, 2.24) is 20.2 Å². The second kappa shape index (κ2) is 3.89. The Morgan fingerprint density at radius 2 is 2.20 bits per heavy atom. The van der Waals surface area contributed by atoms with Gasteiger partial charge in [-0.15, -0.1) is 5.10 Å². The van der Waals surface area contributed by atoms with E-state index in [-0.39, 0.29) is 0 Å². The first-order valence-corrected chi connectivity index (χ1v) is 5.61. The van der Waals surface area contributed by atoms with Gasteiger partial charge in [0, 0.05) is 12.5 Å². The molecule has 5 heteroatoms. The van der Waals surface area contributed by atoms with E-state index in [9.17, 15) is 0 Å². The third-order valence-corrected chi connectivity index (χ3v) is 3.21. The fourth-order valence-electron chi connectivity index (χ4n) is 1.93. The molecule has 1 aliphatic carbocycles. The summed E-state index contributed by atoms with van der Waals surface area (Å²) in [4.78, 5) is 0. The summed E-state index contributed by atoms with van der Waals surface area (Å²) in [5.41, 5.74) is 5.85. The molecule has 1 aliphatic rings. The van der Waals surface area contributed by atoms with E-state index in [0.29, 0.717) is 11.3 Å². The van der Waals surface area contributed by atoms with Gasteiger partial charge in [-0.05, 0) is 41.6 Å². The van der Waals surface area contributed by atoms with Gasteiger partial charge in [0.25, 0.3) is 0 Å². The molecule has 1 heterocycles. The van der Waals surface area contributed by atoms with E-state index in [1.54, 1.807) is 0 Å². The number of nitrogens with two attached hydrogens (primary N) is 1. The number of hydrogen-bond acceptors (Lipinski definition) is 4. The number of aryl methyl sites for hydroxylation is 1. The molecule has 1 fully saturated rings. The van der Waals surface area contributed by atoms with Crippen molar-refractivity contribution in [1.29, 1.82) is 0 Å². The monoisotopic (exact) mass is 209 g/mol. The van der Waals surface area contributed by atoms with Crippen LogP contribution in [0.5, 0.6) is 0 Å². The van der Waals surface area contributed by atoms with Crippen LogP contribution in [0.3, 0.4) is 0 Å². The van der Waals surface area contributed by atoms with E-state index in [1.165, 1.54) is 6.42 Å². The lowest BCUT2D eigenvalue weighted by Crippen LogP contribution is -2.08. The van der Waals surface area contributed by atoms with Gasteiger partial charge in [-0.1, -0.05) is 13.8 Å². The fourth-order valence-corrected chi connectivity index (χ4v) is 1.93. The first-order valence-electron chi connectivity index (χ1n) is 5.61. The van der Waals surface area contributed by atoms with Crippen molar-refractivity contribution in [2.45, 2.75) is 45.6 Å². The largest absolute Gasteiger partial charge is 0.330 e. The Hall–Kier alpha value is -0.970. The molecular weight excluding hydrogens is 190 g/mol. The summed E-state index contributed by atoms with van der Waals surface area (Å²) < 4.78 is 1.94. The number of nitrogens with zero attached hydrogens (tertiary/aromatic N) is 4. The van der Waals surface area contributed by atoms with Crippen LogP contribution in [-0.4, -0.2) is 26.8 Å². The average Bonchev–Trinajstić information content (AvgIpc) is 2.63. The lowest BCUT2D eigenvalue weighted by Gasteiger charge is -2.05. The highest BCUT2D eigenvalue weighted by Gasteiger charge is 2.49. The van der Waals surface area contributed by atoms with E-state index in [4.69, 9.17) is 5.73 Å². The number of tetrazole rings is 1. The molecule has 2 rings (SSSR count). The van der Waals surface area contributed by atoms with Crippen LogP contribution in [0.15, 0.2) is 0 Å². The predicted molar refractivity (Wildman–Crippen MR) is 57.2 cm³/mol. The summed E-state index contributed by atoms with van der Waals surface area (Å²) in [7, 11) is 0. The molecule has 1 aromatic rings. The summed E-state index contributed by atoms with van der Waals surface area (Å²) in [6.07, 6.45) is 3.29. The standard InChI is InChI=1S/C10H19N5/c1-10(2)7-8(10)9-12-13-14-15(9)6-4-3-5-11/h8H,3-7,11H2,1-2H3. The predicted octanol–water partition coefficient (Wildman–Crippen LogP) is 0.925. The molecule has 84 valence electrons. The van der Waals surface area contributed by atoms with Crippen LogP contribution < -0.4 is 5.73 Å². The molecule has 0 saturated heterocycles. The van der Waals surface area contributed by atoms with Crippen molar-refractivity contribution in [3.63, 3.8) is 0 Å². The van der Waals surface area contributed by atoms with Crippen LogP contribution in [0, 0.1) is 5.41 Å². The van der Waals surface area contributed by atoms with E-state index in [1.807, 2.05) is 4.68 Å². The molecule has 1 atom stereocenters. The third-order valence-electron chi connectivity index (χ3n) is 3.21. The summed E-state index contributed by atoms with van der Waals surface area (Å²) >= 11 is 0. The van der Waals surface area contributed by atoms with Crippen molar-refractivity contribution >= 4 is 0 Å². The van der Waals surface area contributed by atoms with Gasteiger partial charge >= 0.3 is 0 Å². The van der Waals surface area contributed by atoms with Gasteiger partial charge in [0.1, 0.15) is 0 Å². The van der Waals surface area contributed by atoms with Crippen LogP contribution in [0.4, 0.5) is 0 Å². The van der Waals surface area contributed by atoms with E-state index in [2.05, 4.69) is 29.4 Å². The van der Waals surface area contributed by atoms with Gasteiger partial charge in [0.05, 0.1) is 0 Å². The fraction of sp³-hybridized carbons (Fsp3) is 0.900. The molecule has 0 radical (unpaired) electrons. The molecule has 1 saturated carbocycles. The molecule has 1 aromatic heterocycles. The Morgan fingerprint density at radius 1 is 1.47 bits per heavy atom. The van der Waals surface area contributed by atoms with Gasteiger partial charge in [-0.25, -0.2) is 4.68 Å². The van der Waals surface area contributed by atoms with Crippen LogP contribution in [0.2, 0.25) is 0 Å². The number of rotatable bonds is 5. The molecule has 0 amide bonds. The topological polar surface area (TPSA) is 69.6 Å². The maximum absolute atomic E-state index is 5.46. The Labute approximate surface area is 90.0 Å². The van der Waals surface area contributed by atoms with Crippen molar-refractivity contribution in [2.24, 2.45) is 11.1 Å². The van der Waals surface area contributed by atoms with E-state index in [0.717, 1.165) is 31.8 Å². The van der Waals surface area contributed by atoms with E-state index >= 15 is 0 Å². The lowest BCUT2D eigenvalue weighted by atomic mass is 10.1. The number of unbranched alkanes of at least 4 members (excludes halogenated alkanes) is 1. The smallest absolute Gasteiger partial charge is 0.154 e. The lowest BCUT2D eigenvalue weighted by molar-refractivity contribution is 0.509. The van der Waals surface area contributed by atoms with Crippen molar-refractivity contribution in [2.75, 3.05) is 6.54 Å². The SMILES string of the molecule is CC1(C)CC1c1nnnn1CCCCN. The highest BCUT2D eigenvalue weighted by molar-refractivity contribution is 5.14. The normalized spacial score (nSPS) is 23.0. The summed E-state index contributed by atoms with van der Waals surface area (Å²) in [5, 5.41) is 11.9. The number of aromatic nitrogens is 4. The summed E-state index contributed by atoms with van der Waals surface area (Å²) in [5.74, 6) is 1.60. The van der Waals surface area contributed by atoms with Crippen LogP contribution in [-0.2, 0) is 6.54 Å². The molecule has 2 N–H and O–H groups in total. The first-order chi connectivity index (χ1) is 7.15.